The third kappa shape index (κ3) is 11.8. The molecular weight excluding hydrogens is 376 g/mol. The van der Waals surface area contributed by atoms with Crippen LogP contribution in [0.4, 0.5) is 0 Å². The fourth-order valence-corrected chi connectivity index (χ4v) is 4.57. The topological polar surface area (TPSA) is 63.6 Å². The zero-order chi connectivity index (χ0) is 22.0. The lowest BCUT2D eigenvalue weighted by Crippen LogP contribution is -2.35. The molecule has 0 aromatic rings. The Labute approximate surface area is 184 Å². The number of esters is 1. The monoisotopic (exact) mass is 422 g/mol. The summed E-state index contributed by atoms with van der Waals surface area (Å²) in [6, 6.07) is 0. The number of carboxylic acids is 1. The van der Waals surface area contributed by atoms with Gasteiger partial charge in [-0.3, -0.25) is 9.59 Å². The van der Waals surface area contributed by atoms with Gasteiger partial charge in [0.1, 0.15) is 6.10 Å². The minimum atomic E-state index is -0.845. The van der Waals surface area contributed by atoms with Gasteiger partial charge in [0.15, 0.2) is 0 Å². The Morgan fingerprint density at radius 2 is 1.43 bits per heavy atom. The van der Waals surface area contributed by atoms with Crippen LogP contribution in [0.2, 0.25) is 0 Å². The molecule has 0 amide bonds. The van der Waals surface area contributed by atoms with Gasteiger partial charge in [-0.2, -0.15) is 0 Å². The molecule has 3 unspecified atom stereocenters. The third-order valence-electron chi connectivity index (χ3n) is 6.48. The Morgan fingerprint density at radius 1 is 0.900 bits per heavy atom. The molecule has 1 aliphatic carbocycles. The predicted molar refractivity (Wildman–Crippen MR) is 123 cm³/mol. The van der Waals surface area contributed by atoms with Crippen LogP contribution >= 0.6 is 0 Å². The zero-order valence-electron chi connectivity index (χ0n) is 19.4. The maximum atomic E-state index is 12.8. The van der Waals surface area contributed by atoms with E-state index in [9.17, 15) is 14.7 Å². The molecule has 0 aromatic heterocycles. The summed E-state index contributed by atoms with van der Waals surface area (Å²) < 4.78 is 5.92. The molecule has 174 valence electrons. The number of carbonyl (C=O) groups is 2. The van der Waals surface area contributed by atoms with Gasteiger partial charge in [-0.25, -0.2) is 0 Å². The summed E-state index contributed by atoms with van der Waals surface area (Å²) in [7, 11) is 0. The number of carbonyl (C=O) groups excluding carboxylic acids is 1. The van der Waals surface area contributed by atoms with Crippen molar-refractivity contribution in [2.75, 3.05) is 0 Å². The molecule has 0 aromatic carbocycles. The Morgan fingerprint density at radius 3 is 2.00 bits per heavy atom. The number of carboxylic acid groups (broad SMARTS) is 1. The smallest absolute Gasteiger partial charge is 0.310 e. The molecule has 0 saturated heterocycles. The van der Waals surface area contributed by atoms with E-state index in [4.69, 9.17) is 4.74 Å². The Balaban J connectivity index is 2.46. The van der Waals surface area contributed by atoms with E-state index in [0.717, 1.165) is 51.4 Å². The van der Waals surface area contributed by atoms with E-state index in [-0.39, 0.29) is 12.1 Å². The fourth-order valence-electron chi connectivity index (χ4n) is 4.57. The van der Waals surface area contributed by atoms with E-state index < -0.39 is 17.8 Å². The van der Waals surface area contributed by atoms with Crippen molar-refractivity contribution in [2.24, 2.45) is 11.8 Å². The highest BCUT2D eigenvalue weighted by atomic mass is 16.5. The summed E-state index contributed by atoms with van der Waals surface area (Å²) >= 11 is 0. The summed E-state index contributed by atoms with van der Waals surface area (Å²) in [6.07, 6.45) is 21.2. The highest BCUT2D eigenvalue weighted by Crippen LogP contribution is 2.32. The van der Waals surface area contributed by atoms with Crippen LogP contribution in [0.25, 0.3) is 0 Å². The minimum absolute atomic E-state index is 0.0519. The fraction of sp³-hybridized carbons (Fsp3) is 0.846. The first-order valence-electron chi connectivity index (χ1n) is 12.6. The van der Waals surface area contributed by atoms with Crippen LogP contribution in [0.3, 0.4) is 0 Å². The van der Waals surface area contributed by atoms with Crippen LogP contribution in [-0.4, -0.2) is 23.1 Å². The van der Waals surface area contributed by atoms with Crippen LogP contribution < -0.4 is 0 Å². The maximum Gasteiger partial charge on any atom is 0.310 e. The molecule has 0 aliphatic heterocycles. The summed E-state index contributed by atoms with van der Waals surface area (Å²) in [5.41, 5.74) is 0. The van der Waals surface area contributed by atoms with Crippen LogP contribution in [0.15, 0.2) is 12.7 Å². The highest BCUT2D eigenvalue weighted by Gasteiger charge is 2.37. The first-order valence-corrected chi connectivity index (χ1v) is 12.6. The number of unbranched alkanes of at least 4 members (excludes halogenated alkanes) is 10. The van der Waals surface area contributed by atoms with Gasteiger partial charge in [0, 0.05) is 0 Å². The van der Waals surface area contributed by atoms with Gasteiger partial charge in [0.05, 0.1) is 11.8 Å². The second-order valence-corrected chi connectivity index (χ2v) is 9.08. The number of allylic oxidation sites excluding steroid dienone is 1. The van der Waals surface area contributed by atoms with Crippen molar-refractivity contribution in [2.45, 2.75) is 129 Å². The third-order valence-corrected chi connectivity index (χ3v) is 6.48. The highest BCUT2D eigenvalue weighted by molar-refractivity contribution is 5.81. The van der Waals surface area contributed by atoms with Crippen molar-refractivity contribution in [1.82, 2.24) is 0 Å². The quantitative estimate of drug-likeness (QED) is 0.141. The van der Waals surface area contributed by atoms with Crippen molar-refractivity contribution in [3.05, 3.63) is 12.7 Å². The molecule has 0 spiro atoms. The number of aliphatic carboxylic acids is 1. The number of rotatable bonds is 18. The molecule has 1 aliphatic rings. The molecule has 3 atom stereocenters. The van der Waals surface area contributed by atoms with Crippen LogP contribution in [0, 0.1) is 11.8 Å². The van der Waals surface area contributed by atoms with Crippen molar-refractivity contribution < 1.29 is 19.4 Å². The van der Waals surface area contributed by atoms with Crippen LogP contribution in [-0.2, 0) is 14.3 Å². The zero-order valence-corrected chi connectivity index (χ0v) is 19.4. The lowest BCUT2D eigenvalue weighted by atomic mass is 9.79. The summed E-state index contributed by atoms with van der Waals surface area (Å²) in [6.45, 7) is 6.00. The minimum Gasteiger partial charge on any atom is -0.481 e. The molecule has 4 heteroatoms. The lowest BCUT2D eigenvalue weighted by Gasteiger charge is -2.29. The van der Waals surface area contributed by atoms with Crippen LogP contribution in [0.5, 0.6) is 0 Å². The molecule has 30 heavy (non-hydrogen) atoms. The van der Waals surface area contributed by atoms with Crippen molar-refractivity contribution in [1.29, 1.82) is 0 Å². The summed E-state index contributed by atoms with van der Waals surface area (Å²) in [5.74, 6) is -2.13. The molecule has 1 saturated carbocycles. The number of ether oxygens (including phenoxy) is 1. The molecule has 0 radical (unpaired) electrons. The molecule has 1 N–H and O–H groups in total. The largest absolute Gasteiger partial charge is 0.481 e. The lowest BCUT2D eigenvalue weighted by molar-refractivity contribution is -0.164. The van der Waals surface area contributed by atoms with Gasteiger partial charge in [-0.1, -0.05) is 77.2 Å². The summed E-state index contributed by atoms with van der Waals surface area (Å²) in [4.78, 5) is 24.4. The molecule has 4 nitrogen and oxygen atoms in total. The SMILES string of the molecule is C=CCCCCCCC(CCCCCCCCC)OC(=O)C1CCCCC1C(=O)O. The molecule has 0 bridgehead atoms. The Bertz CT molecular complexity index is 474. The number of hydrogen-bond acceptors (Lipinski definition) is 3. The van der Waals surface area contributed by atoms with E-state index in [1.54, 1.807) is 0 Å². The van der Waals surface area contributed by atoms with Crippen molar-refractivity contribution in [3.8, 4) is 0 Å². The average Bonchev–Trinajstić information content (AvgIpc) is 2.75. The van der Waals surface area contributed by atoms with Gasteiger partial charge in [0.25, 0.3) is 0 Å². The van der Waals surface area contributed by atoms with Gasteiger partial charge >= 0.3 is 11.9 Å². The number of hydrogen-bond donors (Lipinski definition) is 1. The van der Waals surface area contributed by atoms with Gasteiger partial charge in [-0.15, -0.1) is 6.58 Å². The standard InChI is InChI=1S/C26H46O4/c1-3-5-7-9-11-13-15-19-22(18-14-12-10-8-6-4-2)30-26(29)24-21-17-16-20-23(24)25(27)28/h4,22-24H,2-3,5-21H2,1H3,(H,27,28). The van der Waals surface area contributed by atoms with E-state index in [1.165, 1.54) is 51.4 Å². The average molecular weight is 423 g/mol. The van der Waals surface area contributed by atoms with E-state index >= 15 is 0 Å². The van der Waals surface area contributed by atoms with E-state index in [0.29, 0.717) is 12.8 Å². The van der Waals surface area contributed by atoms with E-state index in [1.807, 2.05) is 6.08 Å². The van der Waals surface area contributed by atoms with Crippen molar-refractivity contribution >= 4 is 11.9 Å². The molecular formula is C26H46O4. The van der Waals surface area contributed by atoms with Gasteiger partial charge < -0.3 is 9.84 Å². The molecule has 0 heterocycles. The molecule has 1 rings (SSSR count). The molecule has 1 fully saturated rings. The van der Waals surface area contributed by atoms with Crippen molar-refractivity contribution in [3.63, 3.8) is 0 Å². The maximum absolute atomic E-state index is 12.8. The van der Waals surface area contributed by atoms with Gasteiger partial charge in [-0.05, 0) is 51.4 Å². The first kappa shape index (κ1) is 26.7. The Kier molecular flexibility index (Phi) is 15.5. The van der Waals surface area contributed by atoms with Crippen LogP contribution in [0.1, 0.15) is 122 Å². The predicted octanol–water partition coefficient (Wildman–Crippen LogP) is 7.46. The normalized spacial score (nSPS) is 19.9. The first-order chi connectivity index (χ1) is 14.6. The van der Waals surface area contributed by atoms with Gasteiger partial charge in [0.2, 0.25) is 0 Å². The Hall–Kier alpha value is -1.32. The second-order valence-electron chi connectivity index (χ2n) is 9.08. The summed E-state index contributed by atoms with van der Waals surface area (Å²) in [5, 5.41) is 9.48. The van der Waals surface area contributed by atoms with E-state index in [2.05, 4.69) is 13.5 Å². The second kappa shape index (κ2) is 17.4.